The van der Waals surface area contributed by atoms with Crippen LogP contribution in [0.1, 0.15) is 35.4 Å². The molecule has 1 amide bonds. The molecule has 29 heavy (non-hydrogen) atoms. The Bertz CT molecular complexity index is 920. The molecule has 1 fully saturated rings. The van der Waals surface area contributed by atoms with Crippen LogP contribution >= 0.6 is 0 Å². The molecule has 1 saturated heterocycles. The highest BCUT2D eigenvalue weighted by molar-refractivity contribution is 5.92. The van der Waals surface area contributed by atoms with Crippen LogP contribution in [0.25, 0.3) is 0 Å². The lowest BCUT2D eigenvalue weighted by Crippen LogP contribution is -2.29. The Morgan fingerprint density at radius 3 is 2.38 bits per heavy atom. The summed E-state index contributed by atoms with van der Waals surface area (Å²) < 4.78 is 0. The third kappa shape index (κ3) is 5.10. The summed E-state index contributed by atoms with van der Waals surface area (Å²) in [5, 5.41) is 6.17. The van der Waals surface area contributed by atoms with E-state index in [1.165, 1.54) is 24.9 Å². The fourth-order valence-electron chi connectivity index (χ4n) is 3.44. The van der Waals surface area contributed by atoms with E-state index in [0.717, 1.165) is 30.2 Å². The number of carbonyl (C=O) groups excluding carboxylic acids is 1. The van der Waals surface area contributed by atoms with Gasteiger partial charge in [-0.3, -0.25) is 9.78 Å². The van der Waals surface area contributed by atoms with Crippen molar-refractivity contribution >= 4 is 23.0 Å². The van der Waals surface area contributed by atoms with Crippen LogP contribution in [-0.2, 0) is 6.54 Å². The number of nitrogens with zero attached hydrogens (tertiary/aromatic N) is 3. The van der Waals surface area contributed by atoms with Crippen LogP contribution in [0.2, 0.25) is 0 Å². The lowest BCUT2D eigenvalue weighted by atomic mass is 10.1. The van der Waals surface area contributed by atoms with Gasteiger partial charge in [-0.15, -0.1) is 0 Å². The summed E-state index contributed by atoms with van der Waals surface area (Å²) >= 11 is 0. The molecule has 6 heteroatoms. The van der Waals surface area contributed by atoms with Crippen molar-refractivity contribution in [1.29, 1.82) is 0 Å². The summed E-state index contributed by atoms with van der Waals surface area (Å²) in [6.07, 6.45) is 7.26. The average Bonchev–Trinajstić information content (AvgIpc) is 2.80. The summed E-state index contributed by atoms with van der Waals surface area (Å²) in [6.45, 7) is 2.66. The number of carbonyl (C=O) groups is 1. The Morgan fingerprint density at radius 1 is 0.897 bits per heavy atom. The molecule has 0 radical (unpaired) electrons. The van der Waals surface area contributed by atoms with E-state index in [-0.39, 0.29) is 5.91 Å². The smallest absolute Gasteiger partial charge is 0.270 e. The van der Waals surface area contributed by atoms with Gasteiger partial charge in [-0.05, 0) is 67.8 Å². The number of nitrogens with one attached hydrogen (secondary N) is 2. The lowest BCUT2D eigenvalue weighted by Gasteiger charge is -2.28. The number of hydrogen-bond donors (Lipinski definition) is 2. The van der Waals surface area contributed by atoms with Crippen molar-refractivity contribution < 1.29 is 4.79 Å². The Labute approximate surface area is 171 Å². The molecule has 1 aliphatic rings. The van der Waals surface area contributed by atoms with E-state index in [1.54, 1.807) is 18.5 Å². The fourth-order valence-corrected chi connectivity index (χ4v) is 3.44. The molecule has 3 heterocycles. The Balaban J connectivity index is 1.32. The van der Waals surface area contributed by atoms with Gasteiger partial charge in [0, 0.05) is 30.7 Å². The molecule has 0 atom stereocenters. The lowest BCUT2D eigenvalue weighted by molar-refractivity contribution is 0.0945. The van der Waals surface area contributed by atoms with E-state index >= 15 is 0 Å². The van der Waals surface area contributed by atoms with E-state index in [1.807, 2.05) is 24.3 Å². The Morgan fingerprint density at radius 2 is 1.69 bits per heavy atom. The van der Waals surface area contributed by atoms with Crippen LogP contribution in [0.15, 0.2) is 67.0 Å². The van der Waals surface area contributed by atoms with Crippen molar-refractivity contribution in [3.05, 3.63) is 78.4 Å². The first-order valence-corrected chi connectivity index (χ1v) is 10.0. The first-order chi connectivity index (χ1) is 14.3. The Kier molecular flexibility index (Phi) is 6.00. The van der Waals surface area contributed by atoms with Gasteiger partial charge in [0.1, 0.15) is 5.69 Å². The minimum Gasteiger partial charge on any atom is -0.372 e. The van der Waals surface area contributed by atoms with E-state index < -0.39 is 0 Å². The number of hydrogen-bond acceptors (Lipinski definition) is 5. The quantitative estimate of drug-likeness (QED) is 0.665. The maximum Gasteiger partial charge on any atom is 0.270 e. The van der Waals surface area contributed by atoms with Gasteiger partial charge in [-0.2, -0.15) is 0 Å². The standard InChI is InChI=1S/C23H25N5O/c29-23(26-16-19-6-2-3-13-24-19)22-12-9-20(17-25-22)27-18-7-10-21(11-8-18)28-14-4-1-5-15-28/h2-3,6-13,17,27H,1,4-5,14-16H2,(H,26,29). The zero-order valence-corrected chi connectivity index (χ0v) is 16.3. The first kappa shape index (κ1) is 18.9. The molecule has 6 nitrogen and oxygen atoms in total. The molecular formula is C23H25N5O. The van der Waals surface area contributed by atoms with Crippen molar-refractivity contribution in [2.24, 2.45) is 0 Å². The van der Waals surface area contributed by atoms with Crippen LogP contribution in [-0.4, -0.2) is 29.0 Å². The third-order valence-electron chi connectivity index (χ3n) is 5.03. The number of anilines is 3. The number of aromatic nitrogens is 2. The van der Waals surface area contributed by atoms with Crippen molar-refractivity contribution in [3.63, 3.8) is 0 Å². The normalized spacial score (nSPS) is 13.7. The number of amides is 1. The van der Waals surface area contributed by atoms with Crippen LogP contribution < -0.4 is 15.5 Å². The summed E-state index contributed by atoms with van der Waals surface area (Å²) in [5.41, 5.74) is 4.31. The highest BCUT2D eigenvalue weighted by Crippen LogP contribution is 2.23. The average molecular weight is 387 g/mol. The van der Waals surface area contributed by atoms with Crippen LogP contribution in [0.4, 0.5) is 17.1 Å². The molecule has 0 unspecified atom stereocenters. The summed E-state index contributed by atoms with van der Waals surface area (Å²) in [7, 11) is 0. The van der Waals surface area contributed by atoms with Crippen LogP contribution in [0, 0.1) is 0 Å². The van der Waals surface area contributed by atoms with Crippen LogP contribution in [0.3, 0.4) is 0 Å². The van der Waals surface area contributed by atoms with E-state index in [2.05, 4.69) is 49.8 Å². The summed E-state index contributed by atoms with van der Waals surface area (Å²) in [4.78, 5) is 23.2. The topological polar surface area (TPSA) is 70.2 Å². The largest absolute Gasteiger partial charge is 0.372 e. The van der Waals surface area contributed by atoms with E-state index in [4.69, 9.17) is 0 Å². The highest BCUT2D eigenvalue weighted by Gasteiger charge is 2.11. The van der Waals surface area contributed by atoms with Crippen molar-refractivity contribution in [1.82, 2.24) is 15.3 Å². The molecule has 0 spiro atoms. The first-order valence-electron chi connectivity index (χ1n) is 10.0. The van der Waals surface area contributed by atoms with E-state index in [9.17, 15) is 4.79 Å². The second-order valence-electron chi connectivity index (χ2n) is 7.16. The Hall–Kier alpha value is -3.41. The molecule has 0 aliphatic carbocycles. The maximum atomic E-state index is 12.2. The van der Waals surface area contributed by atoms with Gasteiger partial charge >= 0.3 is 0 Å². The molecule has 2 N–H and O–H groups in total. The minimum absolute atomic E-state index is 0.215. The zero-order chi connectivity index (χ0) is 19.9. The van der Waals surface area contributed by atoms with Gasteiger partial charge in [-0.25, -0.2) is 4.98 Å². The number of piperidine rings is 1. The summed E-state index contributed by atoms with van der Waals surface area (Å²) in [5.74, 6) is -0.215. The molecule has 3 aromatic rings. The van der Waals surface area contributed by atoms with Gasteiger partial charge in [0.15, 0.2) is 0 Å². The van der Waals surface area contributed by atoms with Crippen LogP contribution in [0.5, 0.6) is 0 Å². The van der Waals surface area contributed by atoms with Gasteiger partial charge < -0.3 is 15.5 Å². The van der Waals surface area contributed by atoms with Crippen molar-refractivity contribution in [2.75, 3.05) is 23.3 Å². The second kappa shape index (κ2) is 9.19. The van der Waals surface area contributed by atoms with Gasteiger partial charge in [-0.1, -0.05) is 6.07 Å². The highest BCUT2D eigenvalue weighted by atomic mass is 16.1. The van der Waals surface area contributed by atoms with Gasteiger partial charge in [0.05, 0.1) is 24.1 Å². The SMILES string of the molecule is O=C(NCc1ccccn1)c1ccc(Nc2ccc(N3CCCCC3)cc2)cn1. The predicted octanol–water partition coefficient (Wildman–Crippen LogP) is 4.14. The molecule has 2 aromatic heterocycles. The molecule has 0 bridgehead atoms. The predicted molar refractivity (Wildman–Crippen MR) is 115 cm³/mol. The molecule has 1 aliphatic heterocycles. The second-order valence-corrected chi connectivity index (χ2v) is 7.16. The molecule has 1 aromatic carbocycles. The van der Waals surface area contributed by atoms with Gasteiger partial charge in [0.2, 0.25) is 0 Å². The molecule has 148 valence electrons. The minimum atomic E-state index is -0.215. The molecule has 0 saturated carbocycles. The fraction of sp³-hybridized carbons (Fsp3) is 0.261. The monoisotopic (exact) mass is 387 g/mol. The molecular weight excluding hydrogens is 362 g/mol. The molecule has 4 rings (SSSR count). The number of rotatable bonds is 6. The number of benzene rings is 1. The van der Waals surface area contributed by atoms with E-state index in [0.29, 0.717) is 12.2 Å². The number of pyridine rings is 2. The van der Waals surface area contributed by atoms with Crippen molar-refractivity contribution in [3.8, 4) is 0 Å². The third-order valence-corrected chi connectivity index (χ3v) is 5.03. The van der Waals surface area contributed by atoms with Crippen molar-refractivity contribution in [2.45, 2.75) is 25.8 Å². The van der Waals surface area contributed by atoms with Gasteiger partial charge in [0.25, 0.3) is 5.91 Å². The summed E-state index contributed by atoms with van der Waals surface area (Å²) in [6, 6.07) is 17.7. The maximum absolute atomic E-state index is 12.2. The zero-order valence-electron chi connectivity index (χ0n) is 16.3.